The van der Waals surface area contributed by atoms with Gasteiger partial charge in [0, 0.05) is 16.5 Å². The zero-order valence-electron chi connectivity index (χ0n) is 9.36. The van der Waals surface area contributed by atoms with Gasteiger partial charge in [-0.15, -0.1) is 11.3 Å². The molecule has 1 N–H and O–H groups in total. The quantitative estimate of drug-likeness (QED) is 0.867. The summed E-state index contributed by atoms with van der Waals surface area (Å²) in [6, 6.07) is 9.82. The summed E-state index contributed by atoms with van der Waals surface area (Å²) in [5, 5.41) is 7.78. The summed E-state index contributed by atoms with van der Waals surface area (Å²) in [4.78, 5) is 1.20. The monoisotopic (exact) mass is 296 g/mol. The van der Waals surface area contributed by atoms with Gasteiger partial charge in [0.15, 0.2) is 0 Å². The van der Waals surface area contributed by atoms with Gasteiger partial charge in [-0.3, -0.25) is 0 Å². The summed E-state index contributed by atoms with van der Waals surface area (Å²) in [6.07, 6.45) is 0.849. The van der Waals surface area contributed by atoms with E-state index in [9.17, 15) is 0 Å². The topological polar surface area (TPSA) is 24.4 Å². The van der Waals surface area contributed by atoms with Gasteiger partial charge in [0.1, 0.15) is 0 Å². The van der Waals surface area contributed by atoms with Crippen molar-refractivity contribution in [1.29, 1.82) is 0 Å². The maximum absolute atomic E-state index is 6.21. The Hall–Kier alpha value is -1.03. The molecule has 0 spiro atoms. The lowest BCUT2D eigenvalue weighted by Crippen LogP contribution is -2.10. The van der Waals surface area contributed by atoms with Gasteiger partial charge in [-0.1, -0.05) is 35.3 Å². The predicted molar refractivity (Wildman–Crippen MR) is 77.8 cm³/mol. The van der Waals surface area contributed by atoms with E-state index in [0.717, 1.165) is 17.7 Å². The van der Waals surface area contributed by atoms with Crippen LogP contribution in [0.15, 0.2) is 40.8 Å². The van der Waals surface area contributed by atoms with Crippen LogP contribution in [0.5, 0.6) is 0 Å². The molecule has 2 heterocycles. The Morgan fingerprint density at radius 2 is 2.17 bits per heavy atom. The van der Waals surface area contributed by atoms with Crippen molar-refractivity contribution >= 4 is 40.3 Å². The average Bonchev–Trinajstić information content (AvgIpc) is 2.99. The van der Waals surface area contributed by atoms with Crippen molar-refractivity contribution in [2.45, 2.75) is 12.5 Å². The number of hydrazone groups is 1. The van der Waals surface area contributed by atoms with E-state index in [4.69, 9.17) is 23.2 Å². The lowest BCUT2D eigenvalue weighted by atomic mass is 10.0. The van der Waals surface area contributed by atoms with Gasteiger partial charge < -0.3 is 5.43 Å². The van der Waals surface area contributed by atoms with E-state index in [0.29, 0.717) is 10.0 Å². The van der Waals surface area contributed by atoms with Crippen molar-refractivity contribution in [2.24, 2.45) is 5.10 Å². The van der Waals surface area contributed by atoms with Crippen LogP contribution in [0.25, 0.3) is 0 Å². The van der Waals surface area contributed by atoms with Gasteiger partial charge in [-0.25, -0.2) is 0 Å². The third kappa shape index (κ3) is 2.26. The van der Waals surface area contributed by atoms with E-state index >= 15 is 0 Å². The molecule has 0 amide bonds. The molecule has 0 fully saturated rings. The SMILES string of the molecule is Clc1ccc(C2CC(c3cccs3)=NN2)c(Cl)c1. The van der Waals surface area contributed by atoms with Gasteiger partial charge in [-0.05, 0) is 29.1 Å². The van der Waals surface area contributed by atoms with Crippen LogP contribution in [0.2, 0.25) is 10.0 Å². The second-order valence-electron chi connectivity index (χ2n) is 4.09. The first-order chi connectivity index (χ1) is 8.74. The molecule has 2 aromatic rings. The zero-order chi connectivity index (χ0) is 12.5. The second-order valence-corrected chi connectivity index (χ2v) is 5.88. The number of rotatable bonds is 2. The highest BCUT2D eigenvalue weighted by Gasteiger charge is 2.23. The van der Waals surface area contributed by atoms with Gasteiger partial charge in [-0.2, -0.15) is 5.10 Å². The van der Waals surface area contributed by atoms with Gasteiger partial charge in [0.25, 0.3) is 0 Å². The Kier molecular flexibility index (Phi) is 3.29. The van der Waals surface area contributed by atoms with Crippen molar-refractivity contribution in [3.05, 3.63) is 56.2 Å². The largest absolute Gasteiger partial charge is 0.302 e. The molecule has 92 valence electrons. The normalized spacial score (nSPS) is 18.6. The van der Waals surface area contributed by atoms with Gasteiger partial charge in [0.2, 0.25) is 0 Å². The number of halogens is 2. The van der Waals surface area contributed by atoms with Crippen LogP contribution in [0, 0.1) is 0 Å². The van der Waals surface area contributed by atoms with E-state index in [1.165, 1.54) is 4.88 Å². The molecule has 2 nitrogen and oxygen atoms in total. The Morgan fingerprint density at radius 3 is 2.89 bits per heavy atom. The third-order valence-electron chi connectivity index (χ3n) is 2.90. The zero-order valence-corrected chi connectivity index (χ0v) is 11.7. The first kappa shape index (κ1) is 12.0. The average molecular weight is 297 g/mol. The fourth-order valence-electron chi connectivity index (χ4n) is 2.00. The molecule has 0 radical (unpaired) electrons. The Morgan fingerprint density at radius 1 is 1.28 bits per heavy atom. The summed E-state index contributed by atoms with van der Waals surface area (Å²) in [6.45, 7) is 0. The van der Waals surface area contributed by atoms with E-state index in [-0.39, 0.29) is 6.04 Å². The highest BCUT2D eigenvalue weighted by Crippen LogP contribution is 2.32. The Labute approximate surface area is 119 Å². The summed E-state index contributed by atoms with van der Waals surface area (Å²) in [5.41, 5.74) is 5.26. The molecule has 3 rings (SSSR count). The molecule has 0 saturated carbocycles. The number of thiophene rings is 1. The lowest BCUT2D eigenvalue weighted by molar-refractivity contribution is 0.620. The molecule has 1 unspecified atom stereocenters. The molecule has 1 aromatic carbocycles. The van der Waals surface area contributed by atoms with E-state index < -0.39 is 0 Å². The molecular weight excluding hydrogens is 287 g/mol. The molecule has 5 heteroatoms. The first-order valence-corrected chi connectivity index (χ1v) is 7.18. The highest BCUT2D eigenvalue weighted by atomic mass is 35.5. The molecule has 0 bridgehead atoms. The second kappa shape index (κ2) is 4.92. The fourth-order valence-corrected chi connectivity index (χ4v) is 3.27. The van der Waals surface area contributed by atoms with Crippen molar-refractivity contribution in [3.8, 4) is 0 Å². The standard InChI is InChI=1S/C13H10Cl2N2S/c14-8-3-4-9(10(15)6-8)11-7-12(17-16-11)13-2-1-5-18-13/h1-6,11,16H,7H2. The summed E-state index contributed by atoms with van der Waals surface area (Å²) >= 11 is 13.8. The smallest absolute Gasteiger partial charge is 0.0799 e. The van der Waals surface area contributed by atoms with E-state index in [1.54, 1.807) is 17.4 Å². The van der Waals surface area contributed by atoms with Crippen LogP contribution in [-0.2, 0) is 0 Å². The predicted octanol–water partition coefficient (Wildman–Crippen LogP) is 4.49. The van der Waals surface area contributed by atoms with Crippen LogP contribution in [0.4, 0.5) is 0 Å². The minimum Gasteiger partial charge on any atom is -0.302 e. The molecule has 1 aromatic heterocycles. The molecule has 1 aliphatic rings. The first-order valence-electron chi connectivity index (χ1n) is 5.55. The Bertz CT molecular complexity index is 593. The number of nitrogens with zero attached hydrogens (tertiary/aromatic N) is 1. The van der Waals surface area contributed by atoms with Gasteiger partial charge >= 0.3 is 0 Å². The van der Waals surface area contributed by atoms with E-state index in [2.05, 4.69) is 22.0 Å². The van der Waals surface area contributed by atoms with Crippen molar-refractivity contribution in [1.82, 2.24) is 5.43 Å². The van der Waals surface area contributed by atoms with Crippen LogP contribution in [-0.4, -0.2) is 5.71 Å². The van der Waals surface area contributed by atoms with Gasteiger partial charge in [0.05, 0.1) is 16.6 Å². The molecule has 0 aliphatic carbocycles. The molecule has 0 saturated heterocycles. The number of hydrogen-bond donors (Lipinski definition) is 1. The molecule has 18 heavy (non-hydrogen) atoms. The van der Waals surface area contributed by atoms with Crippen LogP contribution >= 0.6 is 34.5 Å². The molecule has 1 aliphatic heterocycles. The molecule has 1 atom stereocenters. The summed E-state index contributed by atoms with van der Waals surface area (Å²) in [5.74, 6) is 0. The van der Waals surface area contributed by atoms with Crippen LogP contribution in [0.1, 0.15) is 22.9 Å². The van der Waals surface area contributed by atoms with Crippen LogP contribution < -0.4 is 5.43 Å². The Balaban J connectivity index is 1.82. The van der Waals surface area contributed by atoms with Crippen molar-refractivity contribution < 1.29 is 0 Å². The molecular formula is C13H10Cl2N2S. The van der Waals surface area contributed by atoms with E-state index in [1.807, 2.05) is 18.2 Å². The summed E-state index contributed by atoms with van der Waals surface area (Å²) in [7, 11) is 0. The number of hydrogen-bond acceptors (Lipinski definition) is 3. The van der Waals surface area contributed by atoms with Crippen molar-refractivity contribution in [3.63, 3.8) is 0 Å². The summed E-state index contributed by atoms with van der Waals surface area (Å²) < 4.78 is 0. The maximum atomic E-state index is 6.21. The highest BCUT2D eigenvalue weighted by molar-refractivity contribution is 7.12. The third-order valence-corrected chi connectivity index (χ3v) is 4.38. The fraction of sp³-hybridized carbons (Fsp3) is 0.154. The van der Waals surface area contributed by atoms with Crippen LogP contribution in [0.3, 0.4) is 0 Å². The minimum absolute atomic E-state index is 0.131. The number of nitrogens with one attached hydrogen (secondary N) is 1. The minimum atomic E-state index is 0.131. The van der Waals surface area contributed by atoms with Crippen molar-refractivity contribution in [2.75, 3.05) is 0 Å². The lowest BCUT2D eigenvalue weighted by Gasteiger charge is -2.12. The maximum Gasteiger partial charge on any atom is 0.0799 e. The number of benzene rings is 1.